The van der Waals surface area contributed by atoms with Crippen molar-refractivity contribution in [2.24, 2.45) is 5.92 Å². The summed E-state index contributed by atoms with van der Waals surface area (Å²) >= 11 is 0. The minimum Gasteiger partial charge on any atom is -0.465 e. The van der Waals surface area contributed by atoms with Gasteiger partial charge >= 0.3 is 5.97 Å². The molecule has 2 aliphatic rings. The van der Waals surface area contributed by atoms with E-state index in [-0.39, 0.29) is 30.2 Å². The molecule has 1 saturated carbocycles. The molecule has 6 heteroatoms. The van der Waals surface area contributed by atoms with Gasteiger partial charge in [0.25, 0.3) is 0 Å². The number of esters is 1. The van der Waals surface area contributed by atoms with Crippen molar-refractivity contribution in [3.05, 3.63) is 29.8 Å². The van der Waals surface area contributed by atoms with Gasteiger partial charge in [0.05, 0.1) is 18.6 Å². The number of ether oxygens (including phenoxy) is 1. The second-order valence-corrected chi connectivity index (χ2v) is 7.14. The molecule has 2 fully saturated rings. The molecule has 26 heavy (non-hydrogen) atoms. The first-order valence-corrected chi connectivity index (χ1v) is 9.37. The topological polar surface area (TPSA) is 75.7 Å². The van der Waals surface area contributed by atoms with Gasteiger partial charge in [-0.3, -0.25) is 9.59 Å². The zero-order valence-electron chi connectivity index (χ0n) is 15.2. The van der Waals surface area contributed by atoms with Gasteiger partial charge in [0.1, 0.15) is 0 Å². The maximum Gasteiger partial charge on any atom is 0.337 e. The van der Waals surface area contributed by atoms with Crippen LogP contribution in [0.3, 0.4) is 0 Å². The molecule has 1 saturated heterocycles. The van der Waals surface area contributed by atoms with Gasteiger partial charge in [0.15, 0.2) is 0 Å². The predicted molar refractivity (Wildman–Crippen MR) is 97.9 cm³/mol. The number of hydrogen-bond donors (Lipinski definition) is 1. The highest BCUT2D eigenvalue weighted by atomic mass is 16.5. The monoisotopic (exact) mass is 358 g/mol. The van der Waals surface area contributed by atoms with Gasteiger partial charge in [-0.2, -0.15) is 0 Å². The van der Waals surface area contributed by atoms with E-state index in [1.54, 1.807) is 29.2 Å². The number of nitrogens with zero attached hydrogens (tertiary/aromatic N) is 1. The van der Waals surface area contributed by atoms with Crippen molar-refractivity contribution < 1.29 is 19.1 Å². The zero-order valence-corrected chi connectivity index (χ0v) is 15.2. The summed E-state index contributed by atoms with van der Waals surface area (Å²) in [6, 6.07) is 7.00. The number of nitrogens with one attached hydrogen (secondary N) is 1. The Hall–Kier alpha value is -2.37. The van der Waals surface area contributed by atoms with Gasteiger partial charge in [-0.1, -0.05) is 31.7 Å². The second kappa shape index (κ2) is 8.34. The van der Waals surface area contributed by atoms with E-state index < -0.39 is 5.97 Å². The van der Waals surface area contributed by atoms with Crippen molar-refractivity contribution in [1.82, 2.24) is 5.32 Å². The van der Waals surface area contributed by atoms with E-state index in [9.17, 15) is 14.4 Å². The van der Waals surface area contributed by atoms with Crippen molar-refractivity contribution in [2.45, 2.75) is 51.0 Å². The summed E-state index contributed by atoms with van der Waals surface area (Å²) in [5.41, 5.74) is 1.02. The Labute approximate surface area is 153 Å². The van der Waals surface area contributed by atoms with E-state index in [1.165, 1.54) is 20.0 Å². The molecule has 0 aromatic heterocycles. The Morgan fingerprint density at radius 1 is 1.15 bits per heavy atom. The largest absolute Gasteiger partial charge is 0.465 e. The summed E-state index contributed by atoms with van der Waals surface area (Å²) in [6.45, 7) is 0.349. The minimum absolute atomic E-state index is 0.0307. The summed E-state index contributed by atoms with van der Waals surface area (Å²) in [5, 5.41) is 3.14. The summed E-state index contributed by atoms with van der Waals surface area (Å²) < 4.78 is 4.73. The first-order valence-electron chi connectivity index (χ1n) is 9.37. The second-order valence-electron chi connectivity index (χ2n) is 7.14. The van der Waals surface area contributed by atoms with E-state index in [0.717, 1.165) is 25.7 Å². The number of amides is 2. The van der Waals surface area contributed by atoms with Gasteiger partial charge in [-0.25, -0.2) is 4.79 Å². The van der Waals surface area contributed by atoms with Crippen LogP contribution in [-0.4, -0.2) is 37.5 Å². The molecular weight excluding hydrogens is 332 g/mol. The highest BCUT2D eigenvalue weighted by molar-refractivity contribution is 6.01. The number of carbonyl (C=O) groups is 3. The summed E-state index contributed by atoms with van der Waals surface area (Å²) in [5.74, 6) is -0.904. The number of anilines is 1. The molecular formula is C20H26N2O4. The van der Waals surface area contributed by atoms with Crippen molar-refractivity contribution >= 4 is 23.5 Å². The van der Waals surface area contributed by atoms with Gasteiger partial charge in [0, 0.05) is 24.7 Å². The van der Waals surface area contributed by atoms with E-state index in [4.69, 9.17) is 4.74 Å². The third kappa shape index (κ3) is 4.23. The smallest absolute Gasteiger partial charge is 0.337 e. The molecule has 6 nitrogen and oxygen atoms in total. The van der Waals surface area contributed by atoms with Gasteiger partial charge < -0.3 is 15.0 Å². The molecule has 1 aromatic rings. The molecule has 2 amide bonds. The number of methoxy groups -OCH3 is 1. The summed E-state index contributed by atoms with van der Waals surface area (Å²) in [6.07, 6.45) is 7.04. The van der Waals surface area contributed by atoms with Crippen LogP contribution in [0.5, 0.6) is 0 Å². The Bertz CT molecular complexity index is 680. The van der Waals surface area contributed by atoms with Gasteiger partial charge in [-0.15, -0.1) is 0 Å². The average Bonchev–Trinajstić information content (AvgIpc) is 2.87. The Morgan fingerprint density at radius 3 is 2.58 bits per heavy atom. The molecule has 1 unspecified atom stereocenters. The van der Waals surface area contributed by atoms with Crippen LogP contribution in [-0.2, 0) is 14.3 Å². The van der Waals surface area contributed by atoms with Gasteiger partial charge in [-0.05, 0) is 31.0 Å². The Balaban J connectivity index is 1.64. The van der Waals surface area contributed by atoms with Crippen molar-refractivity contribution in [2.75, 3.05) is 18.6 Å². The van der Waals surface area contributed by atoms with Crippen LogP contribution < -0.4 is 10.2 Å². The quantitative estimate of drug-likeness (QED) is 0.663. The lowest BCUT2D eigenvalue weighted by molar-refractivity contribution is -0.127. The third-order valence-electron chi connectivity index (χ3n) is 5.28. The lowest BCUT2D eigenvalue weighted by atomic mass is 10.0. The Morgan fingerprint density at radius 2 is 1.88 bits per heavy atom. The zero-order chi connectivity index (χ0) is 18.5. The molecule has 0 radical (unpaired) electrons. The van der Waals surface area contributed by atoms with Crippen LogP contribution in [0.15, 0.2) is 24.3 Å². The Kier molecular flexibility index (Phi) is 5.91. The number of carbonyl (C=O) groups excluding carboxylic acids is 3. The van der Waals surface area contributed by atoms with Crippen LogP contribution in [0.25, 0.3) is 0 Å². The van der Waals surface area contributed by atoms with E-state index in [0.29, 0.717) is 17.8 Å². The highest BCUT2D eigenvalue weighted by Crippen LogP contribution is 2.27. The SMILES string of the molecule is COC(=O)c1cccc(N2CC(C(=O)NC3CCCCCC3)CC2=O)c1. The molecule has 1 aliphatic carbocycles. The van der Waals surface area contributed by atoms with Gasteiger partial charge in [0.2, 0.25) is 11.8 Å². The number of rotatable bonds is 4. The number of hydrogen-bond acceptors (Lipinski definition) is 4. The van der Waals surface area contributed by atoms with Crippen molar-refractivity contribution in [3.63, 3.8) is 0 Å². The minimum atomic E-state index is -0.443. The molecule has 1 heterocycles. The fraction of sp³-hybridized carbons (Fsp3) is 0.550. The highest BCUT2D eigenvalue weighted by Gasteiger charge is 2.36. The van der Waals surface area contributed by atoms with E-state index in [1.807, 2.05) is 0 Å². The number of benzene rings is 1. The van der Waals surface area contributed by atoms with Crippen molar-refractivity contribution in [1.29, 1.82) is 0 Å². The lowest BCUT2D eigenvalue weighted by Crippen LogP contribution is -2.39. The van der Waals surface area contributed by atoms with Crippen LogP contribution in [0.1, 0.15) is 55.3 Å². The molecule has 1 aromatic carbocycles. The van der Waals surface area contributed by atoms with E-state index >= 15 is 0 Å². The average molecular weight is 358 g/mol. The molecule has 3 rings (SSSR count). The molecule has 1 N–H and O–H groups in total. The maximum atomic E-state index is 12.6. The normalized spacial score (nSPS) is 21.3. The van der Waals surface area contributed by atoms with Crippen LogP contribution in [0.2, 0.25) is 0 Å². The predicted octanol–water partition coefficient (Wildman–Crippen LogP) is 2.67. The standard InChI is InChI=1S/C20H26N2O4/c1-26-20(25)14-7-6-10-17(11-14)22-13-15(12-18(22)23)19(24)21-16-8-4-2-3-5-9-16/h6-7,10-11,15-16H,2-5,8-9,12-13H2,1H3,(H,21,24). The lowest BCUT2D eigenvalue weighted by Gasteiger charge is -2.20. The molecule has 1 atom stereocenters. The molecule has 0 bridgehead atoms. The summed E-state index contributed by atoms with van der Waals surface area (Å²) in [7, 11) is 1.32. The first-order chi connectivity index (χ1) is 12.6. The van der Waals surface area contributed by atoms with E-state index in [2.05, 4.69) is 5.32 Å². The molecule has 140 valence electrons. The fourth-order valence-electron chi connectivity index (χ4n) is 3.79. The summed E-state index contributed by atoms with van der Waals surface area (Å²) in [4.78, 5) is 38.3. The van der Waals surface area contributed by atoms with Crippen LogP contribution in [0.4, 0.5) is 5.69 Å². The third-order valence-corrected chi connectivity index (χ3v) is 5.28. The van der Waals surface area contributed by atoms with Crippen LogP contribution in [0, 0.1) is 5.92 Å². The molecule has 0 spiro atoms. The first kappa shape index (κ1) is 18.4. The van der Waals surface area contributed by atoms with Crippen molar-refractivity contribution in [3.8, 4) is 0 Å². The maximum absolute atomic E-state index is 12.6. The van der Waals surface area contributed by atoms with Crippen LogP contribution >= 0.6 is 0 Å². The fourth-order valence-corrected chi connectivity index (χ4v) is 3.79. The molecule has 1 aliphatic heterocycles.